The van der Waals surface area contributed by atoms with Gasteiger partial charge in [0, 0.05) is 26.0 Å². The summed E-state index contributed by atoms with van der Waals surface area (Å²) in [6, 6.07) is 4.99. The first-order valence-electron chi connectivity index (χ1n) is 7.63. The van der Waals surface area contributed by atoms with Crippen LogP contribution in [0.3, 0.4) is 0 Å². The summed E-state index contributed by atoms with van der Waals surface area (Å²) in [5.41, 5.74) is 6.31. The zero-order valence-corrected chi connectivity index (χ0v) is 13.7. The average Bonchev–Trinajstić information content (AvgIpc) is 3.29. The number of amides is 1. The Bertz CT molecular complexity index is 843. The number of hydrogen-bond donors (Lipinski definition) is 2. The van der Waals surface area contributed by atoms with Crippen molar-refractivity contribution in [1.29, 1.82) is 0 Å². The quantitative estimate of drug-likeness (QED) is 0.659. The minimum Gasteiger partial charge on any atom is -0.463 e. The summed E-state index contributed by atoms with van der Waals surface area (Å²) in [4.78, 5) is 24.7. The summed E-state index contributed by atoms with van der Waals surface area (Å²) in [6.45, 7) is 1.48. The molecule has 0 saturated carbocycles. The first kappa shape index (κ1) is 16.7. The van der Waals surface area contributed by atoms with Crippen LogP contribution in [0.5, 0.6) is 0 Å². The molecule has 9 nitrogen and oxygen atoms in total. The molecular formula is C16H18N6O3. The van der Waals surface area contributed by atoms with Crippen LogP contribution < -0.4 is 11.1 Å². The third kappa shape index (κ3) is 4.01. The van der Waals surface area contributed by atoms with E-state index in [4.69, 9.17) is 14.9 Å². The van der Waals surface area contributed by atoms with Crippen molar-refractivity contribution in [3.8, 4) is 11.5 Å². The van der Waals surface area contributed by atoms with Crippen molar-refractivity contribution >= 4 is 11.9 Å². The van der Waals surface area contributed by atoms with Crippen LogP contribution in [0.15, 0.2) is 41.3 Å². The molecule has 0 aliphatic heterocycles. The lowest BCUT2D eigenvalue weighted by Crippen LogP contribution is -2.26. The topological polar surface area (TPSA) is 121 Å². The smallest absolute Gasteiger partial charge is 0.270 e. The van der Waals surface area contributed by atoms with E-state index in [1.165, 1.54) is 12.3 Å². The summed E-state index contributed by atoms with van der Waals surface area (Å²) in [5, 5.41) is 2.78. The predicted molar refractivity (Wildman–Crippen MR) is 89.4 cm³/mol. The maximum Gasteiger partial charge on any atom is 0.270 e. The highest BCUT2D eigenvalue weighted by Crippen LogP contribution is 2.18. The summed E-state index contributed by atoms with van der Waals surface area (Å²) in [7, 11) is 1.63. The molecule has 0 radical (unpaired) electrons. The van der Waals surface area contributed by atoms with Crippen LogP contribution in [0.2, 0.25) is 0 Å². The fourth-order valence-corrected chi connectivity index (χ4v) is 2.28. The standard InChI is InChI=1S/C16H18N6O3/c1-24-8-6-22-5-4-18-14(22)10-19-15(23)12-9-11(20-16(17)21-12)13-3-2-7-25-13/h2-5,7,9H,6,8,10H2,1H3,(H,19,23)(H2,17,20,21). The van der Waals surface area contributed by atoms with E-state index in [9.17, 15) is 4.79 Å². The number of nitrogen functional groups attached to an aromatic ring is 1. The summed E-state index contributed by atoms with van der Waals surface area (Å²) < 4.78 is 12.2. The Balaban J connectivity index is 1.71. The van der Waals surface area contributed by atoms with Crippen molar-refractivity contribution in [3.05, 3.63) is 48.4 Å². The molecule has 130 valence electrons. The third-order valence-corrected chi connectivity index (χ3v) is 3.49. The first-order chi connectivity index (χ1) is 12.2. The number of anilines is 1. The van der Waals surface area contributed by atoms with E-state index in [0.29, 0.717) is 24.6 Å². The second kappa shape index (κ2) is 7.58. The zero-order valence-electron chi connectivity index (χ0n) is 13.7. The number of furan rings is 1. The van der Waals surface area contributed by atoms with Gasteiger partial charge < -0.3 is 24.8 Å². The Morgan fingerprint density at radius 2 is 2.32 bits per heavy atom. The van der Waals surface area contributed by atoms with Crippen molar-refractivity contribution in [1.82, 2.24) is 24.8 Å². The molecule has 0 aromatic carbocycles. The average molecular weight is 342 g/mol. The number of hydrogen-bond acceptors (Lipinski definition) is 7. The van der Waals surface area contributed by atoms with Gasteiger partial charge in [0.1, 0.15) is 17.2 Å². The fraction of sp³-hybridized carbons (Fsp3) is 0.250. The van der Waals surface area contributed by atoms with Gasteiger partial charge in [-0.2, -0.15) is 0 Å². The van der Waals surface area contributed by atoms with Crippen LogP contribution in [0, 0.1) is 0 Å². The molecule has 9 heteroatoms. The van der Waals surface area contributed by atoms with Crippen molar-refractivity contribution in [2.75, 3.05) is 19.5 Å². The van der Waals surface area contributed by atoms with Crippen molar-refractivity contribution in [2.45, 2.75) is 13.1 Å². The molecule has 0 aliphatic rings. The highest BCUT2D eigenvalue weighted by molar-refractivity contribution is 5.93. The van der Waals surface area contributed by atoms with E-state index < -0.39 is 0 Å². The fourth-order valence-electron chi connectivity index (χ4n) is 2.28. The number of aromatic nitrogens is 4. The highest BCUT2D eigenvalue weighted by atomic mass is 16.5. The summed E-state index contributed by atoms with van der Waals surface area (Å²) in [5.74, 6) is 0.862. The Morgan fingerprint density at radius 1 is 1.44 bits per heavy atom. The van der Waals surface area contributed by atoms with E-state index >= 15 is 0 Å². The van der Waals surface area contributed by atoms with Gasteiger partial charge in [-0.05, 0) is 18.2 Å². The zero-order chi connectivity index (χ0) is 17.6. The molecule has 0 atom stereocenters. The van der Waals surface area contributed by atoms with Gasteiger partial charge >= 0.3 is 0 Å². The molecule has 3 N–H and O–H groups in total. The number of rotatable bonds is 7. The molecule has 0 fully saturated rings. The number of methoxy groups -OCH3 is 1. The van der Waals surface area contributed by atoms with Crippen LogP contribution in [0.4, 0.5) is 5.95 Å². The molecule has 0 bridgehead atoms. The van der Waals surface area contributed by atoms with E-state index in [-0.39, 0.29) is 24.1 Å². The number of carbonyl (C=O) groups excluding carboxylic acids is 1. The number of nitrogens with two attached hydrogens (primary N) is 1. The Kier molecular flexibility index (Phi) is 5.05. The molecule has 3 aromatic heterocycles. The van der Waals surface area contributed by atoms with Crippen LogP contribution in [0.1, 0.15) is 16.3 Å². The maximum atomic E-state index is 12.4. The Hall–Kier alpha value is -3.20. The number of nitrogens with one attached hydrogen (secondary N) is 1. The lowest BCUT2D eigenvalue weighted by atomic mass is 10.2. The molecule has 0 saturated heterocycles. The van der Waals surface area contributed by atoms with Gasteiger partial charge in [0.25, 0.3) is 5.91 Å². The van der Waals surface area contributed by atoms with Crippen molar-refractivity contribution in [3.63, 3.8) is 0 Å². The molecule has 0 aliphatic carbocycles. The van der Waals surface area contributed by atoms with Crippen molar-refractivity contribution < 1.29 is 13.9 Å². The van der Waals surface area contributed by atoms with Crippen LogP contribution in [-0.2, 0) is 17.8 Å². The lowest BCUT2D eigenvalue weighted by Gasteiger charge is -2.09. The minimum atomic E-state index is -0.372. The van der Waals surface area contributed by atoms with E-state index in [0.717, 1.165) is 5.82 Å². The number of nitrogens with zero attached hydrogens (tertiary/aromatic N) is 4. The molecule has 1 amide bonds. The highest BCUT2D eigenvalue weighted by Gasteiger charge is 2.14. The van der Waals surface area contributed by atoms with Gasteiger partial charge in [-0.25, -0.2) is 15.0 Å². The SMILES string of the molecule is COCCn1ccnc1CNC(=O)c1cc(-c2ccco2)nc(N)n1. The summed E-state index contributed by atoms with van der Waals surface area (Å²) >= 11 is 0. The van der Waals surface area contributed by atoms with E-state index in [1.807, 2.05) is 10.8 Å². The number of carbonyl (C=O) groups is 1. The van der Waals surface area contributed by atoms with Gasteiger partial charge in [-0.15, -0.1) is 0 Å². The van der Waals surface area contributed by atoms with Gasteiger partial charge in [0.05, 0.1) is 19.4 Å². The number of ether oxygens (including phenoxy) is 1. The Morgan fingerprint density at radius 3 is 3.08 bits per heavy atom. The molecule has 3 aromatic rings. The predicted octanol–water partition coefficient (Wildman–Crippen LogP) is 1.09. The van der Waals surface area contributed by atoms with Crippen LogP contribution in [-0.4, -0.2) is 39.1 Å². The largest absolute Gasteiger partial charge is 0.463 e. The molecule has 25 heavy (non-hydrogen) atoms. The molecular weight excluding hydrogens is 324 g/mol. The van der Waals surface area contributed by atoms with Gasteiger partial charge in [-0.1, -0.05) is 0 Å². The lowest BCUT2D eigenvalue weighted by molar-refractivity contribution is 0.0944. The summed E-state index contributed by atoms with van der Waals surface area (Å²) in [6.07, 6.45) is 5.03. The van der Waals surface area contributed by atoms with Gasteiger partial charge in [-0.3, -0.25) is 4.79 Å². The van der Waals surface area contributed by atoms with Crippen molar-refractivity contribution in [2.24, 2.45) is 0 Å². The van der Waals surface area contributed by atoms with Crippen LogP contribution in [0.25, 0.3) is 11.5 Å². The maximum absolute atomic E-state index is 12.4. The molecule has 3 rings (SSSR count). The minimum absolute atomic E-state index is 0.000597. The second-order valence-electron chi connectivity index (χ2n) is 5.19. The van der Waals surface area contributed by atoms with Gasteiger partial charge in [0.15, 0.2) is 5.76 Å². The van der Waals surface area contributed by atoms with Gasteiger partial charge in [0.2, 0.25) is 5.95 Å². The second-order valence-corrected chi connectivity index (χ2v) is 5.19. The monoisotopic (exact) mass is 342 g/mol. The first-order valence-corrected chi connectivity index (χ1v) is 7.63. The third-order valence-electron chi connectivity index (χ3n) is 3.49. The normalized spacial score (nSPS) is 10.8. The Labute approximate surface area is 143 Å². The molecule has 0 unspecified atom stereocenters. The molecule has 0 spiro atoms. The number of imidazole rings is 1. The van der Waals surface area contributed by atoms with Crippen LogP contribution >= 0.6 is 0 Å². The molecule has 3 heterocycles. The van der Waals surface area contributed by atoms with E-state index in [2.05, 4.69) is 20.3 Å². The van der Waals surface area contributed by atoms with E-state index in [1.54, 1.807) is 25.4 Å².